The summed E-state index contributed by atoms with van der Waals surface area (Å²) in [6.07, 6.45) is 23.2. The van der Waals surface area contributed by atoms with Crippen LogP contribution in [0.4, 0.5) is 22.7 Å². The Kier molecular flexibility index (Phi) is 16.2. The van der Waals surface area contributed by atoms with Crippen molar-refractivity contribution < 1.29 is 19.2 Å². The average molecular weight is 1210 g/mol. The van der Waals surface area contributed by atoms with Crippen molar-refractivity contribution in [2.75, 3.05) is 21.3 Å². The second kappa shape index (κ2) is 24.1. The van der Waals surface area contributed by atoms with E-state index in [4.69, 9.17) is 0 Å². The van der Waals surface area contributed by atoms with Gasteiger partial charge in [0.2, 0.25) is 0 Å². The molecule has 16 rings (SSSR count). The molecular weight excluding hydrogens is 1120 g/mol. The number of aryl methyl sites for hydroxylation is 8. The summed E-state index contributed by atoms with van der Waals surface area (Å²) in [5.41, 5.74) is 15.8. The van der Waals surface area contributed by atoms with Gasteiger partial charge >= 0.3 is 0 Å². The van der Waals surface area contributed by atoms with Crippen LogP contribution >= 0.6 is 0 Å². The minimum Gasteiger partial charge on any atom is -0.322 e. The Bertz CT molecular complexity index is 3780. The third-order valence-corrected chi connectivity index (χ3v) is 21.0. The molecule has 4 amide bonds. The summed E-state index contributed by atoms with van der Waals surface area (Å²) in [6, 6.07) is 33.0. The fourth-order valence-electron chi connectivity index (χ4n) is 14.8. The van der Waals surface area contributed by atoms with E-state index in [0.717, 1.165) is 81.0 Å². The Balaban J connectivity index is 0.000000110. The standard InChI is InChI=1S/2C19H23N3O.2C18H21N3O/c2*1-12-15(11-22(3)21-12)18(23)20-17-7-5-4-6-13(17)14-10-16(14)19(2)8-9-19;2*1-11-16(10-21(2)20-11)18(22)19-17-6-4-3-5-13(17)15-9-14(15)12-7-8-12/h2*4-7,11,14,16H,8-10H2,1-3H3,(H,20,23);2*3-6,10,12,14-15H,7-9H2,1-2H3,(H,19,22). The molecule has 8 atom stereocenters. The van der Waals surface area contributed by atoms with E-state index in [1.54, 1.807) is 43.5 Å². The lowest BCUT2D eigenvalue weighted by atomic mass is 9.97. The van der Waals surface area contributed by atoms with Crippen LogP contribution in [-0.4, -0.2) is 62.8 Å². The molecule has 8 aromatic rings. The van der Waals surface area contributed by atoms with Gasteiger partial charge in [-0.15, -0.1) is 0 Å². The summed E-state index contributed by atoms with van der Waals surface area (Å²) >= 11 is 0. The Labute approximate surface area is 529 Å². The number of benzene rings is 4. The largest absolute Gasteiger partial charge is 0.322 e. The molecule has 4 heterocycles. The molecule has 8 fully saturated rings. The zero-order chi connectivity index (χ0) is 62.9. The zero-order valence-corrected chi connectivity index (χ0v) is 54.0. The van der Waals surface area contributed by atoms with Crippen LogP contribution in [-0.2, 0) is 28.2 Å². The van der Waals surface area contributed by atoms with Crippen LogP contribution < -0.4 is 21.3 Å². The second-order valence-corrected chi connectivity index (χ2v) is 28.3. The second-order valence-electron chi connectivity index (χ2n) is 28.3. The van der Waals surface area contributed by atoms with Crippen LogP contribution in [0.15, 0.2) is 122 Å². The van der Waals surface area contributed by atoms with E-state index in [0.29, 0.717) is 56.8 Å². The minimum absolute atomic E-state index is 0.0679. The van der Waals surface area contributed by atoms with Crippen LogP contribution in [0.2, 0.25) is 0 Å². The van der Waals surface area contributed by atoms with Gasteiger partial charge in [0, 0.05) is 75.7 Å². The van der Waals surface area contributed by atoms with E-state index in [1.807, 2.05) is 104 Å². The van der Waals surface area contributed by atoms with Crippen molar-refractivity contribution in [1.82, 2.24) is 39.1 Å². The van der Waals surface area contributed by atoms with Gasteiger partial charge < -0.3 is 21.3 Å². The Morgan fingerprint density at radius 2 is 0.622 bits per heavy atom. The molecule has 16 nitrogen and oxygen atoms in total. The van der Waals surface area contributed by atoms with Gasteiger partial charge in [0.25, 0.3) is 23.6 Å². The van der Waals surface area contributed by atoms with Crippen molar-refractivity contribution in [2.45, 2.75) is 142 Å². The summed E-state index contributed by atoms with van der Waals surface area (Å²) in [6.45, 7) is 12.3. The van der Waals surface area contributed by atoms with E-state index in [2.05, 4.69) is 104 Å². The number of carbonyl (C=O) groups excluding carboxylic acids is 4. The molecule has 0 aliphatic heterocycles. The quantitative estimate of drug-likeness (QED) is 0.0735. The maximum absolute atomic E-state index is 12.6. The van der Waals surface area contributed by atoms with Crippen LogP contribution in [0.25, 0.3) is 0 Å². The van der Waals surface area contributed by atoms with E-state index in [1.165, 1.54) is 99.3 Å². The third kappa shape index (κ3) is 13.4. The van der Waals surface area contributed by atoms with Crippen LogP contribution in [0.5, 0.6) is 0 Å². The van der Waals surface area contributed by atoms with Crippen molar-refractivity contribution in [1.29, 1.82) is 0 Å². The first-order valence-electron chi connectivity index (χ1n) is 32.8. The SMILES string of the molecule is Cc1nn(C)cc1C(=O)Nc1ccccc1C1CC1C1(C)CC1.Cc1nn(C)cc1C(=O)Nc1ccccc1C1CC1C1(C)CC1.Cc1nn(C)cc1C(=O)Nc1ccccc1C1CC1C1CC1.Cc1nn(C)cc1C(=O)Nc1ccccc1C1CC1C1CC1. The third-order valence-electron chi connectivity index (χ3n) is 21.0. The smallest absolute Gasteiger partial charge is 0.259 e. The molecule has 468 valence electrons. The molecule has 0 spiro atoms. The topological polar surface area (TPSA) is 188 Å². The summed E-state index contributed by atoms with van der Waals surface area (Å²) in [4.78, 5) is 50.2. The number of nitrogens with zero attached hydrogens (tertiary/aromatic N) is 8. The Morgan fingerprint density at radius 3 is 0.844 bits per heavy atom. The van der Waals surface area contributed by atoms with Gasteiger partial charge in [-0.1, -0.05) is 86.6 Å². The first kappa shape index (κ1) is 60.5. The van der Waals surface area contributed by atoms with Gasteiger partial charge in [0.1, 0.15) is 0 Å². The van der Waals surface area contributed by atoms with Crippen LogP contribution in [0, 0.1) is 74.0 Å². The number of nitrogens with one attached hydrogen (secondary N) is 4. The van der Waals surface area contributed by atoms with Crippen molar-refractivity contribution in [3.05, 3.63) is 189 Å². The zero-order valence-electron chi connectivity index (χ0n) is 54.0. The first-order valence-corrected chi connectivity index (χ1v) is 32.8. The molecule has 8 unspecified atom stereocenters. The van der Waals surface area contributed by atoms with E-state index >= 15 is 0 Å². The van der Waals surface area contributed by atoms with Gasteiger partial charge in [0.15, 0.2) is 0 Å². The molecule has 4 N–H and O–H groups in total. The first-order chi connectivity index (χ1) is 43.2. The lowest BCUT2D eigenvalue weighted by molar-refractivity contribution is 0.101. The van der Waals surface area contributed by atoms with Gasteiger partial charge in [-0.3, -0.25) is 37.9 Å². The summed E-state index contributed by atoms with van der Waals surface area (Å²) in [7, 11) is 7.34. The highest BCUT2D eigenvalue weighted by atomic mass is 16.2. The molecule has 8 aliphatic carbocycles. The van der Waals surface area contributed by atoms with Gasteiger partial charge in [-0.25, -0.2) is 0 Å². The predicted molar refractivity (Wildman–Crippen MR) is 353 cm³/mol. The Morgan fingerprint density at radius 1 is 0.378 bits per heavy atom. The van der Waals surface area contributed by atoms with Crippen molar-refractivity contribution >= 4 is 46.4 Å². The average Bonchev–Trinajstić information content (AvgIpc) is 1.59. The number of hydrogen-bond acceptors (Lipinski definition) is 8. The molecule has 0 bridgehead atoms. The van der Waals surface area contributed by atoms with Crippen molar-refractivity contribution in [2.24, 2.45) is 74.5 Å². The number of para-hydroxylation sites is 4. The number of amides is 4. The molecule has 0 radical (unpaired) electrons. The maximum Gasteiger partial charge on any atom is 0.259 e. The summed E-state index contributed by atoms with van der Waals surface area (Å²) in [5.74, 6) is 7.36. The highest BCUT2D eigenvalue weighted by molar-refractivity contribution is 6.07. The monoisotopic (exact) mass is 1210 g/mol. The van der Waals surface area contributed by atoms with E-state index < -0.39 is 0 Å². The summed E-state index contributed by atoms with van der Waals surface area (Å²) < 4.78 is 6.72. The number of aromatic nitrogens is 8. The van der Waals surface area contributed by atoms with Gasteiger partial charge in [-0.05, 0) is 221 Å². The van der Waals surface area contributed by atoms with E-state index in [-0.39, 0.29) is 23.6 Å². The molecular formula is C74H88N12O4. The van der Waals surface area contributed by atoms with Gasteiger partial charge in [0.05, 0.1) is 45.0 Å². The normalized spacial score (nSPS) is 23.8. The minimum atomic E-state index is -0.0714. The number of anilines is 4. The molecule has 0 saturated heterocycles. The fraction of sp³-hybridized carbons (Fsp3) is 0.459. The van der Waals surface area contributed by atoms with E-state index in [9.17, 15) is 19.2 Å². The number of hydrogen-bond donors (Lipinski definition) is 4. The predicted octanol–water partition coefficient (Wildman–Crippen LogP) is 14.8. The molecule has 4 aromatic carbocycles. The van der Waals surface area contributed by atoms with Crippen molar-refractivity contribution in [3.8, 4) is 0 Å². The number of carbonyl (C=O) groups is 4. The molecule has 8 saturated carbocycles. The maximum atomic E-state index is 12.6. The summed E-state index contributed by atoms with van der Waals surface area (Å²) in [5, 5.41) is 29.4. The Hall–Kier alpha value is -8.40. The molecule has 4 aromatic heterocycles. The highest BCUT2D eigenvalue weighted by Gasteiger charge is 2.58. The highest BCUT2D eigenvalue weighted by Crippen LogP contribution is 2.69. The van der Waals surface area contributed by atoms with Crippen molar-refractivity contribution in [3.63, 3.8) is 0 Å². The lowest BCUT2D eigenvalue weighted by Gasteiger charge is -2.12. The van der Waals surface area contributed by atoms with Crippen LogP contribution in [0.1, 0.15) is 201 Å². The molecule has 16 heteroatoms. The number of rotatable bonds is 16. The molecule has 8 aliphatic rings. The molecule has 90 heavy (non-hydrogen) atoms. The lowest BCUT2D eigenvalue weighted by Crippen LogP contribution is -2.14. The van der Waals surface area contributed by atoms with Crippen LogP contribution in [0.3, 0.4) is 0 Å². The van der Waals surface area contributed by atoms with Gasteiger partial charge in [-0.2, -0.15) is 20.4 Å². The fourth-order valence-corrected chi connectivity index (χ4v) is 14.8.